The smallest absolute Gasteiger partial charge is 0.337 e. The van der Waals surface area contributed by atoms with Crippen LogP contribution in [0.2, 0.25) is 5.02 Å². The molecule has 1 aromatic carbocycles. The fourth-order valence-corrected chi connectivity index (χ4v) is 4.38. The number of alkyl halides is 1. The van der Waals surface area contributed by atoms with Crippen molar-refractivity contribution in [3.63, 3.8) is 0 Å². The molecule has 116 valence electrons. The van der Waals surface area contributed by atoms with Crippen molar-refractivity contribution in [3.8, 4) is 0 Å². The first kappa shape index (κ1) is 16.5. The number of carbonyl (C=O) groups is 1. The number of carboxylic acid groups (broad SMARTS) is 1. The van der Waals surface area contributed by atoms with Gasteiger partial charge in [-0.2, -0.15) is 4.31 Å². The van der Waals surface area contributed by atoms with Crippen LogP contribution in [0.25, 0.3) is 0 Å². The van der Waals surface area contributed by atoms with E-state index in [1.807, 2.05) is 0 Å². The Balaban J connectivity index is 2.35. The summed E-state index contributed by atoms with van der Waals surface area (Å²) >= 11 is 11.6. The van der Waals surface area contributed by atoms with Crippen molar-refractivity contribution in [2.75, 3.05) is 19.0 Å². The minimum atomic E-state index is -3.73. The Morgan fingerprint density at radius 1 is 1.43 bits per heavy atom. The number of halogens is 2. The molecule has 0 bridgehead atoms. The SMILES string of the molecule is O=C(O)c1cc(S(=O)(=O)N2CCCC(CCl)C2)ccc1Cl. The van der Waals surface area contributed by atoms with Crippen LogP contribution in [0.4, 0.5) is 0 Å². The molecule has 0 saturated carbocycles. The molecule has 2 rings (SSSR count). The van der Waals surface area contributed by atoms with Crippen LogP contribution in [0.15, 0.2) is 23.1 Å². The largest absolute Gasteiger partial charge is 0.478 e. The predicted molar refractivity (Wildman–Crippen MR) is 80.6 cm³/mol. The fourth-order valence-electron chi connectivity index (χ4n) is 2.35. The minimum absolute atomic E-state index is 0.0127. The van der Waals surface area contributed by atoms with E-state index in [2.05, 4.69) is 0 Å². The van der Waals surface area contributed by atoms with Gasteiger partial charge in [0.25, 0.3) is 0 Å². The Kier molecular flexibility index (Phi) is 5.14. The summed E-state index contributed by atoms with van der Waals surface area (Å²) in [6, 6.07) is 3.72. The van der Waals surface area contributed by atoms with Crippen molar-refractivity contribution in [1.29, 1.82) is 0 Å². The van der Waals surface area contributed by atoms with Crippen molar-refractivity contribution >= 4 is 39.2 Å². The lowest BCUT2D eigenvalue weighted by Crippen LogP contribution is -2.40. The van der Waals surface area contributed by atoms with Crippen LogP contribution in [0.3, 0.4) is 0 Å². The number of carboxylic acids is 1. The van der Waals surface area contributed by atoms with Crippen molar-refractivity contribution in [2.24, 2.45) is 5.92 Å². The van der Waals surface area contributed by atoms with Crippen molar-refractivity contribution in [1.82, 2.24) is 4.31 Å². The summed E-state index contributed by atoms with van der Waals surface area (Å²) in [5, 5.41) is 9.05. The second-order valence-corrected chi connectivity index (χ2v) is 7.63. The van der Waals surface area contributed by atoms with E-state index in [1.54, 1.807) is 0 Å². The van der Waals surface area contributed by atoms with Gasteiger partial charge in [0.15, 0.2) is 0 Å². The van der Waals surface area contributed by atoms with E-state index in [4.69, 9.17) is 28.3 Å². The number of nitrogens with zero attached hydrogens (tertiary/aromatic N) is 1. The van der Waals surface area contributed by atoms with Gasteiger partial charge in [-0.25, -0.2) is 13.2 Å². The van der Waals surface area contributed by atoms with E-state index in [0.717, 1.165) is 18.9 Å². The molecule has 1 heterocycles. The minimum Gasteiger partial charge on any atom is -0.478 e. The lowest BCUT2D eigenvalue weighted by Gasteiger charge is -2.31. The van der Waals surface area contributed by atoms with Crippen LogP contribution in [0, 0.1) is 5.92 Å². The summed E-state index contributed by atoms with van der Waals surface area (Å²) < 4.78 is 26.5. The second-order valence-electron chi connectivity index (χ2n) is 4.97. The van der Waals surface area contributed by atoms with Gasteiger partial charge >= 0.3 is 5.97 Å². The molecule has 1 aromatic rings. The van der Waals surface area contributed by atoms with Crippen LogP contribution in [0.5, 0.6) is 0 Å². The van der Waals surface area contributed by atoms with Gasteiger partial charge in [0.2, 0.25) is 10.0 Å². The molecule has 0 aromatic heterocycles. The zero-order valence-electron chi connectivity index (χ0n) is 11.1. The summed E-state index contributed by atoms with van der Waals surface area (Å²) in [6.45, 7) is 0.775. The lowest BCUT2D eigenvalue weighted by atomic mass is 10.0. The molecular weight excluding hydrogens is 337 g/mol. The summed E-state index contributed by atoms with van der Waals surface area (Å²) in [6.07, 6.45) is 1.65. The van der Waals surface area contributed by atoms with Crippen LogP contribution < -0.4 is 0 Å². The van der Waals surface area contributed by atoms with Gasteiger partial charge in [0.1, 0.15) is 0 Å². The molecule has 1 aliphatic rings. The fraction of sp³-hybridized carbons (Fsp3) is 0.462. The molecule has 8 heteroatoms. The van der Waals surface area contributed by atoms with E-state index in [0.29, 0.717) is 19.0 Å². The third-order valence-corrected chi connectivity index (χ3v) is 6.13. The van der Waals surface area contributed by atoms with Crippen molar-refractivity contribution in [2.45, 2.75) is 17.7 Å². The van der Waals surface area contributed by atoms with E-state index < -0.39 is 16.0 Å². The highest BCUT2D eigenvalue weighted by Gasteiger charge is 2.30. The molecule has 5 nitrogen and oxygen atoms in total. The Bertz CT molecular complexity index is 648. The molecule has 1 aliphatic heterocycles. The van der Waals surface area contributed by atoms with Gasteiger partial charge in [0.05, 0.1) is 15.5 Å². The molecule has 0 aliphatic carbocycles. The quantitative estimate of drug-likeness (QED) is 0.846. The lowest BCUT2D eigenvalue weighted by molar-refractivity contribution is 0.0697. The molecule has 0 amide bonds. The van der Waals surface area contributed by atoms with Crippen LogP contribution in [-0.4, -0.2) is 42.8 Å². The molecule has 1 unspecified atom stereocenters. The molecule has 1 saturated heterocycles. The van der Waals surface area contributed by atoms with Gasteiger partial charge in [-0.15, -0.1) is 11.6 Å². The van der Waals surface area contributed by atoms with E-state index in [-0.39, 0.29) is 21.4 Å². The standard InChI is InChI=1S/C13H15Cl2NO4S/c14-7-9-2-1-5-16(8-9)21(19,20)10-3-4-12(15)11(6-10)13(17)18/h3-4,6,9H,1-2,5,7-8H2,(H,17,18). The topological polar surface area (TPSA) is 74.7 Å². The van der Waals surface area contributed by atoms with Crippen LogP contribution in [-0.2, 0) is 10.0 Å². The molecule has 21 heavy (non-hydrogen) atoms. The van der Waals surface area contributed by atoms with Crippen LogP contribution >= 0.6 is 23.2 Å². The number of rotatable bonds is 4. The third-order valence-electron chi connectivity index (χ3n) is 3.51. The number of benzene rings is 1. The molecule has 0 radical (unpaired) electrons. The number of aromatic carboxylic acids is 1. The summed E-state index contributed by atoms with van der Waals surface area (Å²) in [5.41, 5.74) is -0.219. The Morgan fingerprint density at radius 2 is 2.14 bits per heavy atom. The average Bonchev–Trinajstić information content (AvgIpc) is 2.47. The number of sulfonamides is 1. The molecular formula is C13H15Cl2NO4S. The van der Waals surface area contributed by atoms with E-state index >= 15 is 0 Å². The van der Waals surface area contributed by atoms with Gasteiger partial charge in [0, 0.05) is 19.0 Å². The van der Waals surface area contributed by atoms with Gasteiger partial charge in [-0.1, -0.05) is 11.6 Å². The average molecular weight is 352 g/mol. The zero-order valence-corrected chi connectivity index (χ0v) is 13.5. The first-order valence-electron chi connectivity index (χ1n) is 6.45. The van der Waals surface area contributed by atoms with Gasteiger partial charge in [-0.3, -0.25) is 0 Å². The van der Waals surface area contributed by atoms with Crippen molar-refractivity contribution in [3.05, 3.63) is 28.8 Å². The Morgan fingerprint density at radius 3 is 2.76 bits per heavy atom. The molecule has 0 spiro atoms. The number of hydrogen-bond acceptors (Lipinski definition) is 3. The maximum atomic E-state index is 12.6. The predicted octanol–water partition coefficient (Wildman–Crippen LogP) is 2.68. The summed E-state index contributed by atoms with van der Waals surface area (Å²) in [4.78, 5) is 11.0. The first-order valence-corrected chi connectivity index (χ1v) is 8.80. The Hall–Kier alpha value is -0.820. The maximum Gasteiger partial charge on any atom is 0.337 e. The maximum absolute atomic E-state index is 12.6. The van der Waals surface area contributed by atoms with E-state index in [9.17, 15) is 13.2 Å². The number of hydrogen-bond donors (Lipinski definition) is 1. The van der Waals surface area contributed by atoms with E-state index in [1.165, 1.54) is 16.4 Å². The molecule has 1 N–H and O–H groups in total. The van der Waals surface area contributed by atoms with Gasteiger partial charge in [-0.05, 0) is 37.0 Å². The highest BCUT2D eigenvalue weighted by Crippen LogP contribution is 2.27. The summed E-state index contributed by atoms with van der Waals surface area (Å²) in [7, 11) is -3.73. The number of piperidine rings is 1. The van der Waals surface area contributed by atoms with Crippen molar-refractivity contribution < 1.29 is 18.3 Å². The normalized spacial score (nSPS) is 20.4. The highest BCUT2D eigenvalue weighted by molar-refractivity contribution is 7.89. The van der Waals surface area contributed by atoms with Crippen LogP contribution in [0.1, 0.15) is 23.2 Å². The first-order chi connectivity index (χ1) is 9.86. The monoisotopic (exact) mass is 351 g/mol. The zero-order chi connectivity index (χ0) is 15.6. The summed E-state index contributed by atoms with van der Waals surface area (Å²) in [5.74, 6) is -0.719. The van der Waals surface area contributed by atoms with Gasteiger partial charge < -0.3 is 5.11 Å². The molecule has 1 atom stereocenters. The third kappa shape index (κ3) is 3.51. The molecule has 1 fully saturated rings. The second kappa shape index (κ2) is 6.52. The highest BCUT2D eigenvalue weighted by atomic mass is 35.5. The Labute approximate surface area is 133 Å².